The van der Waals surface area contributed by atoms with Gasteiger partial charge in [-0.25, -0.2) is 18.4 Å². The number of pyridine rings is 1. The Bertz CT molecular complexity index is 1650. The van der Waals surface area contributed by atoms with Crippen LogP contribution in [0.1, 0.15) is 33.7 Å². The molecule has 1 N–H and O–H groups in total. The van der Waals surface area contributed by atoms with Crippen LogP contribution in [-0.4, -0.2) is 46.2 Å². The van der Waals surface area contributed by atoms with Crippen LogP contribution >= 0.6 is 11.6 Å². The summed E-state index contributed by atoms with van der Waals surface area (Å²) in [4.78, 5) is 32.0. The first-order valence-corrected chi connectivity index (χ1v) is 13.2. The number of carbonyl (C=O) groups excluding carboxylic acids is 2. The molecule has 2 aromatic heterocycles. The summed E-state index contributed by atoms with van der Waals surface area (Å²) in [7, 11) is 1.47. The second-order valence-corrected chi connectivity index (χ2v) is 9.85. The smallest absolute Gasteiger partial charge is 0.275 e. The number of hydrogen-bond donors (Lipinski definition) is 1. The normalized spacial score (nSPS) is 15.2. The van der Waals surface area contributed by atoms with Crippen molar-refractivity contribution in [3.63, 3.8) is 0 Å². The topological polar surface area (TPSA) is 89.4 Å². The van der Waals surface area contributed by atoms with Gasteiger partial charge in [-0.15, -0.1) is 0 Å². The molecular formula is C30H26ClF2N5O3. The molecule has 2 aromatic carbocycles. The summed E-state index contributed by atoms with van der Waals surface area (Å²) in [6.07, 6.45) is 1.97. The van der Waals surface area contributed by atoms with E-state index in [1.807, 2.05) is 13.0 Å². The van der Waals surface area contributed by atoms with Gasteiger partial charge in [-0.05, 0) is 43.3 Å². The molecule has 0 atom stereocenters. The molecule has 1 aliphatic heterocycles. The molecule has 0 saturated carbocycles. The minimum atomic E-state index is -3.39. The number of benzene rings is 2. The van der Waals surface area contributed by atoms with Crippen molar-refractivity contribution in [3.05, 3.63) is 107 Å². The van der Waals surface area contributed by atoms with Crippen molar-refractivity contribution in [2.75, 3.05) is 18.6 Å². The van der Waals surface area contributed by atoms with Gasteiger partial charge >= 0.3 is 0 Å². The minimum Gasteiger partial charge on any atom is -0.481 e. The van der Waals surface area contributed by atoms with E-state index < -0.39 is 29.7 Å². The van der Waals surface area contributed by atoms with Gasteiger partial charge in [-0.1, -0.05) is 35.9 Å². The molecule has 11 heteroatoms. The van der Waals surface area contributed by atoms with Gasteiger partial charge in [0.2, 0.25) is 11.8 Å². The van der Waals surface area contributed by atoms with Gasteiger partial charge in [0.05, 0.1) is 47.0 Å². The molecule has 4 aromatic rings. The molecule has 0 fully saturated rings. The van der Waals surface area contributed by atoms with Gasteiger partial charge in [0.1, 0.15) is 0 Å². The van der Waals surface area contributed by atoms with Crippen molar-refractivity contribution in [2.24, 2.45) is 0 Å². The number of aromatic nitrogens is 3. The Hall–Kier alpha value is -4.57. The van der Waals surface area contributed by atoms with Crippen molar-refractivity contribution >= 4 is 34.7 Å². The Balaban J connectivity index is 1.44. The maximum atomic E-state index is 15.5. The number of allylic oxidation sites excluding steroid dienone is 1. The van der Waals surface area contributed by atoms with Crippen molar-refractivity contribution in [3.8, 4) is 11.6 Å². The van der Waals surface area contributed by atoms with E-state index in [2.05, 4.69) is 15.4 Å². The molecule has 210 valence electrons. The Kier molecular flexibility index (Phi) is 7.85. The predicted octanol–water partition coefficient (Wildman–Crippen LogP) is 5.62. The highest BCUT2D eigenvalue weighted by atomic mass is 35.5. The first kappa shape index (κ1) is 28.0. The maximum Gasteiger partial charge on any atom is 0.275 e. The number of nitrogens with one attached hydrogen (secondary N) is 1. The number of hydrogen-bond acceptors (Lipinski definition) is 5. The summed E-state index contributed by atoms with van der Waals surface area (Å²) in [5, 5.41) is 7.11. The highest BCUT2D eigenvalue weighted by Gasteiger charge is 2.41. The van der Waals surface area contributed by atoms with Crippen LogP contribution in [-0.2, 0) is 11.3 Å². The molecule has 1 aliphatic rings. The minimum absolute atomic E-state index is 0.0181. The molecule has 0 spiro atoms. The van der Waals surface area contributed by atoms with E-state index in [1.54, 1.807) is 65.5 Å². The monoisotopic (exact) mass is 577 g/mol. The Labute approximate surface area is 240 Å². The van der Waals surface area contributed by atoms with Crippen LogP contribution in [0.25, 0.3) is 11.3 Å². The molecular weight excluding hydrogens is 552 g/mol. The zero-order valence-electron chi connectivity index (χ0n) is 22.3. The van der Waals surface area contributed by atoms with Crippen molar-refractivity contribution in [2.45, 2.75) is 25.8 Å². The van der Waals surface area contributed by atoms with E-state index in [1.165, 1.54) is 18.1 Å². The number of methoxy groups -OCH3 is 1. The lowest BCUT2D eigenvalue weighted by atomic mass is 9.97. The van der Waals surface area contributed by atoms with Gasteiger partial charge < -0.3 is 15.0 Å². The molecule has 8 nitrogen and oxygen atoms in total. The van der Waals surface area contributed by atoms with E-state index in [9.17, 15) is 9.59 Å². The molecule has 0 radical (unpaired) electrons. The zero-order valence-corrected chi connectivity index (χ0v) is 23.0. The van der Waals surface area contributed by atoms with Crippen LogP contribution in [0.2, 0.25) is 5.02 Å². The average molecular weight is 578 g/mol. The molecule has 0 aliphatic carbocycles. The number of amides is 2. The fourth-order valence-corrected chi connectivity index (χ4v) is 4.84. The number of rotatable bonds is 6. The molecule has 0 saturated heterocycles. The summed E-state index contributed by atoms with van der Waals surface area (Å²) < 4.78 is 37.8. The summed E-state index contributed by atoms with van der Waals surface area (Å²) in [6.45, 7) is 1.59. The molecule has 0 unspecified atom stereocenters. The number of fused-ring (bicyclic) bond motifs is 1. The number of nitrogens with zero attached hydrogens (tertiary/aromatic N) is 4. The summed E-state index contributed by atoms with van der Waals surface area (Å²) in [5.41, 5.74) is 2.00. The first-order valence-electron chi connectivity index (χ1n) is 12.8. The van der Waals surface area contributed by atoms with Crippen LogP contribution in [0, 0.1) is 6.92 Å². The third-order valence-corrected chi connectivity index (χ3v) is 6.97. The van der Waals surface area contributed by atoms with Crippen LogP contribution in [0.5, 0.6) is 5.88 Å². The number of para-hydroxylation sites is 1. The lowest BCUT2D eigenvalue weighted by Crippen LogP contribution is -2.33. The molecule has 0 bridgehead atoms. The van der Waals surface area contributed by atoms with Crippen LogP contribution < -0.4 is 15.0 Å². The molecule has 2 amide bonds. The highest BCUT2D eigenvalue weighted by Crippen LogP contribution is 2.43. The number of anilines is 1. The van der Waals surface area contributed by atoms with Gasteiger partial charge in [-0.3, -0.25) is 9.59 Å². The first-order chi connectivity index (χ1) is 19.7. The highest BCUT2D eigenvalue weighted by molar-refractivity contribution is 6.34. The standard InChI is InChI=1S/C30H26ClF2N5O3/c1-19-12-14-38(36-19)21-10-11-23(25(31)16-21)29(40)37-15-13-30(32,33)24(22-7-3-4-8-26(22)37)17-27(39)34-18-20-6-5-9-28(35-20)41-2/h3-12,14,16-17H,13,15,18H2,1-2H3,(H,34,39)/b24-17-. The lowest BCUT2D eigenvalue weighted by molar-refractivity contribution is -0.116. The third kappa shape index (κ3) is 5.97. The maximum absolute atomic E-state index is 15.5. The Morgan fingerprint density at radius 3 is 2.66 bits per heavy atom. The van der Waals surface area contributed by atoms with Crippen LogP contribution in [0.4, 0.5) is 14.5 Å². The fraction of sp³-hybridized carbons (Fsp3) is 0.200. The van der Waals surface area contributed by atoms with Crippen molar-refractivity contribution in [1.29, 1.82) is 0 Å². The summed E-state index contributed by atoms with van der Waals surface area (Å²) >= 11 is 6.51. The van der Waals surface area contributed by atoms with Gasteiger partial charge in [0.25, 0.3) is 11.8 Å². The Morgan fingerprint density at radius 1 is 1.12 bits per heavy atom. The lowest BCUT2D eigenvalue weighted by Gasteiger charge is -2.23. The van der Waals surface area contributed by atoms with E-state index in [0.717, 1.165) is 11.8 Å². The van der Waals surface area contributed by atoms with E-state index in [0.29, 0.717) is 17.3 Å². The van der Waals surface area contributed by atoms with Gasteiger partial charge in [-0.2, -0.15) is 5.10 Å². The third-order valence-electron chi connectivity index (χ3n) is 6.65. The second-order valence-electron chi connectivity index (χ2n) is 9.44. The second kappa shape index (κ2) is 11.5. The zero-order chi connectivity index (χ0) is 29.1. The fourth-order valence-electron chi connectivity index (χ4n) is 4.59. The van der Waals surface area contributed by atoms with Crippen LogP contribution in [0.3, 0.4) is 0 Å². The van der Waals surface area contributed by atoms with Crippen molar-refractivity contribution in [1.82, 2.24) is 20.1 Å². The van der Waals surface area contributed by atoms with E-state index in [-0.39, 0.29) is 34.9 Å². The number of halogens is 3. The van der Waals surface area contributed by atoms with Crippen molar-refractivity contribution < 1.29 is 23.1 Å². The van der Waals surface area contributed by atoms with Gasteiger partial charge in [0.15, 0.2) is 0 Å². The number of ether oxygens (including phenoxy) is 1. The summed E-state index contributed by atoms with van der Waals surface area (Å²) in [6, 6.07) is 18.0. The largest absolute Gasteiger partial charge is 0.481 e. The number of aryl methyl sites for hydroxylation is 1. The predicted molar refractivity (Wildman–Crippen MR) is 152 cm³/mol. The number of carbonyl (C=O) groups is 2. The molecule has 5 rings (SSSR count). The molecule has 3 heterocycles. The molecule has 41 heavy (non-hydrogen) atoms. The van der Waals surface area contributed by atoms with Crippen LogP contribution in [0.15, 0.2) is 79.0 Å². The van der Waals surface area contributed by atoms with E-state index in [4.69, 9.17) is 16.3 Å². The summed E-state index contributed by atoms with van der Waals surface area (Å²) in [5.74, 6) is -4.26. The van der Waals surface area contributed by atoms with Gasteiger partial charge in [0, 0.05) is 42.4 Å². The average Bonchev–Trinajstić information content (AvgIpc) is 3.37. The number of alkyl halides is 2. The van der Waals surface area contributed by atoms with E-state index >= 15 is 8.78 Å². The quantitative estimate of drug-likeness (QED) is 0.300. The SMILES string of the molecule is COc1cccc(CNC(=O)/C=C2/c3ccccc3N(C(=O)c3ccc(-n4ccc(C)n4)cc3Cl)CCC2(F)F)n1. The Morgan fingerprint density at radius 2 is 1.93 bits per heavy atom.